The maximum atomic E-state index is 11.7. The van der Waals surface area contributed by atoms with Crippen molar-refractivity contribution in [3.63, 3.8) is 0 Å². The minimum absolute atomic E-state index is 0.166. The molecule has 18 heavy (non-hydrogen) atoms. The Morgan fingerprint density at radius 2 is 2.28 bits per heavy atom. The Hall–Kier alpha value is -0.580. The number of halogens is 2. The number of thioether (sulfide) groups is 1. The lowest BCUT2D eigenvalue weighted by molar-refractivity contribution is 0.260. The highest BCUT2D eigenvalue weighted by Crippen LogP contribution is 2.23. The largest absolute Gasteiger partial charge is 0.497 e. The molecule has 100 valence electrons. The molecule has 1 unspecified atom stereocenters. The number of amides is 1. The van der Waals surface area contributed by atoms with Crippen molar-refractivity contribution in [2.24, 2.45) is 0 Å². The van der Waals surface area contributed by atoms with Crippen molar-refractivity contribution in [2.75, 3.05) is 19.5 Å². The quantitative estimate of drug-likeness (QED) is 0.665. The summed E-state index contributed by atoms with van der Waals surface area (Å²) in [7, 11) is 1.59. The number of methoxy groups -OCH3 is 1. The van der Waals surface area contributed by atoms with E-state index >= 15 is 0 Å². The summed E-state index contributed by atoms with van der Waals surface area (Å²) in [6.07, 6.45) is 0. The summed E-state index contributed by atoms with van der Waals surface area (Å²) in [5.41, 5.74) is 0. The first-order valence-electron chi connectivity index (χ1n) is 5.31. The van der Waals surface area contributed by atoms with E-state index in [1.807, 2.05) is 18.2 Å². The Bertz CT molecular complexity index is 413. The molecule has 0 saturated carbocycles. The lowest BCUT2D eigenvalue weighted by Gasteiger charge is -2.18. The molecule has 0 aliphatic rings. The first kappa shape index (κ1) is 15.5. The Morgan fingerprint density at radius 1 is 1.56 bits per heavy atom. The van der Waals surface area contributed by atoms with Crippen LogP contribution < -0.4 is 10.1 Å². The number of benzene rings is 1. The van der Waals surface area contributed by atoms with E-state index in [1.54, 1.807) is 20.1 Å². The summed E-state index contributed by atoms with van der Waals surface area (Å²) in [6.45, 7) is 2.10. The minimum Gasteiger partial charge on any atom is -0.497 e. The summed E-state index contributed by atoms with van der Waals surface area (Å²) in [5, 5.41) is 2.56. The molecule has 0 aliphatic heterocycles. The van der Waals surface area contributed by atoms with Crippen LogP contribution in [0.1, 0.15) is 6.92 Å². The first-order chi connectivity index (χ1) is 8.46. The van der Waals surface area contributed by atoms with Crippen LogP contribution in [0, 0.1) is 0 Å². The van der Waals surface area contributed by atoms with Gasteiger partial charge >= 0.3 is 0 Å². The summed E-state index contributed by atoms with van der Waals surface area (Å²) in [6, 6.07) is 7.30. The van der Waals surface area contributed by atoms with Crippen LogP contribution in [0.3, 0.4) is 0 Å². The molecule has 3 nitrogen and oxygen atoms in total. The summed E-state index contributed by atoms with van der Waals surface area (Å²) < 4.78 is 5.08. The van der Waals surface area contributed by atoms with Crippen molar-refractivity contribution in [2.45, 2.75) is 16.7 Å². The van der Waals surface area contributed by atoms with Crippen molar-refractivity contribution >= 4 is 40.2 Å². The second-order valence-electron chi connectivity index (χ2n) is 3.97. The van der Waals surface area contributed by atoms with Crippen LogP contribution in [0.15, 0.2) is 29.2 Å². The Morgan fingerprint density at radius 3 is 2.89 bits per heavy atom. The predicted molar refractivity (Wildman–Crippen MR) is 77.2 cm³/mol. The van der Waals surface area contributed by atoms with Crippen LogP contribution in [0.5, 0.6) is 5.75 Å². The maximum Gasteiger partial charge on any atom is 0.283 e. The molecule has 0 saturated heterocycles. The van der Waals surface area contributed by atoms with Crippen LogP contribution >= 0.6 is 35.0 Å². The molecule has 6 heteroatoms. The Labute approximate surface area is 121 Å². The standard InChI is InChI=1S/C12H15Cl2NO2S/c1-12(14,7-13)8-15-11(16)18-10-5-3-4-9(6-10)17-2/h3-6H,7-8H2,1-2H3,(H,15,16). The fourth-order valence-electron chi connectivity index (χ4n) is 1.11. The zero-order chi connectivity index (χ0) is 13.6. The first-order valence-corrected chi connectivity index (χ1v) is 7.04. The number of nitrogens with one attached hydrogen (secondary N) is 1. The van der Waals surface area contributed by atoms with Gasteiger partial charge < -0.3 is 10.1 Å². The summed E-state index contributed by atoms with van der Waals surface area (Å²) in [4.78, 5) is 11.9. The SMILES string of the molecule is COc1cccc(SC(=O)NCC(C)(Cl)CCl)c1. The lowest BCUT2D eigenvalue weighted by atomic mass is 10.2. The van der Waals surface area contributed by atoms with Gasteiger partial charge in [0.05, 0.1) is 12.0 Å². The van der Waals surface area contributed by atoms with Gasteiger partial charge in [0.1, 0.15) is 5.75 Å². The van der Waals surface area contributed by atoms with E-state index in [0.29, 0.717) is 6.54 Å². The molecule has 0 spiro atoms. The molecule has 1 aromatic rings. The summed E-state index contributed by atoms with van der Waals surface area (Å²) >= 11 is 12.8. The monoisotopic (exact) mass is 307 g/mol. The van der Waals surface area contributed by atoms with Gasteiger partial charge in [0.2, 0.25) is 0 Å². The van der Waals surface area contributed by atoms with Crippen LogP contribution in [0.25, 0.3) is 0 Å². The number of carbonyl (C=O) groups excluding carboxylic acids is 1. The fraction of sp³-hybridized carbons (Fsp3) is 0.417. The van der Waals surface area contributed by atoms with Gasteiger partial charge in [-0.3, -0.25) is 4.79 Å². The average molecular weight is 308 g/mol. The van der Waals surface area contributed by atoms with E-state index in [1.165, 1.54) is 0 Å². The van der Waals surface area contributed by atoms with E-state index in [2.05, 4.69) is 5.32 Å². The number of alkyl halides is 2. The van der Waals surface area contributed by atoms with Crippen LogP contribution in [-0.2, 0) is 0 Å². The van der Waals surface area contributed by atoms with Gasteiger partial charge in [0.15, 0.2) is 0 Å². The van der Waals surface area contributed by atoms with E-state index < -0.39 is 4.87 Å². The molecular weight excluding hydrogens is 293 g/mol. The normalized spacial score (nSPS) is 13.8. The van der Waals surface area contributed by atoms with Crippen LogP contribution in [0.2, 0.25) is 0 Å². The molecule has 0 aliphatic carbocycles. The topological polar surface area (TPSA) is 38.3 Å². The number of ether oxygens (including phenoxy) is 1. The van der Waals surface area contributed by atoms with Crippen LogP contribution in [0.4, 0.5) is 4.79 Å². The second-order valence-corrected chi connectivity index (χ2v) is 6.20. The predicted octanol–water partition coefficient (Wildman–Crippen LogP) is 3.73. The lowest BCUT2D eigenvalue weighted by Crippen LogP contribution is -2.36. The molecular formula is C12H15Cl2NO2S. The maximum absolute atomic E-state index is 11.7. The molecule has 0 radical (unpaired) electrons. The molecule has 1 N–H and O–H groups in total. The second kappa shape index (κ2) is 7.12. The van der Waals surface area contributed by atoms with Gasteiger partial charge in [0, 0.05) is 17.3 Å². The smallest absolute Gasteiger partial charge is 0.283 e. The fourth-order valence-corrected chi connectivity index (χ4v) is 1.95. The van der Waals surface area contributed by atoms with E-state index in [9.17, 15) is 4.79 Å². The van der Waals surface area contributed by atoms with Gasteiger partial charge in [-0.25, -0.2) is 0 Å². The molecule has 1 amide bonds. The molecule has 0 heterocycles. The zero-order valence-electron chi connectivity index (χ0n) is 10.2. The van der Waals surface area contributed by atoms with Gasteiger partial charge in [-0.15, -0.1) is 23.2 Å². The third kappa shape index (κ3) is 5.38. The molecule has 1 aromatic carbocycles. The molecule has 0 fully saturated rings. The van der Waals surface area contributed by atoms with Crippen molar-refractivity contribution in [1.82, 2.24) is 5.32 Å². The van der Waals surface area contributed by atoms with Crippen molar-refractivity contribution < 1.29 is 9.53 Å². The van der Waals surface area contributed by atoms with E-state index in [4.69, 9.17) is 27.9 Å². The third-order valence-corrected chi connectivity index (χ3v) is 3.95. The van der Waals surface area contributed by atoms with Crippen molar-refractivity contribution in [1.29, 1.82) is 0 Å². The highest BCUT2D eigenvalue weighted by Gasteiger charge is 2.20. The molecule has 0 aromatic heterocycles. The average Bonchev–Trinajstić information content (AvgIpc) is 2.37. The van der Waals surface area contributed by atoms with Crippen molar-refractivity contribution in [3.05, 3.63) is 24.3 Å². The Kier molecular flexibility index (Phi) is 6.12. The van der Waals surface area contributed by atoms with Crippen molar-refractivity contribution in [3.8, 4) is 5.75 Å². The van der Waals surface area contributed by atoms with Crippen LogP contribution in [-0.4, -0.2) is 29.6 Å². The third-order valence-electron chi connectivity index (χ3n) is 2.13. The van der Waals surface area contributed by atoms with Gasteiger partial charge in [-0.05, 0) is 36.9 Å². The van der Waals surface area contributed by atoms with Gasteiger partial charge in [-0.2, -0.15) is 0 Å². The number of carbonyl (C=O) groups is 1. The zero-order valence-corrected chi connectivity index (χ0v) is 12.5. The van der Waals surface area contributed by atoms with E-state index in [0.717, 1.165) is 22.4 Å². The van der Waals surface area contributed by atoms with Gasteiger partial charge in [-0.1, -0.05) is 6.07 Å². The number of hydrogen-bond acceptors (Lipinski definition) is 3. The number of rotatable bonds is 5. The minimum atomic E-state index is -0.619. The van der Waals surface area contributed by atoms with E-state index in [-0.39, 0.29) is 11.1 Å². The molecule has 0 bridgehead atoms. The number of hydrogen-bond donors (Lipinski definition) is 1. The molecule has 1 rings (SSSR count). The summed E-state index contributed by atoms with van der Waals surface area (Å²) in [5.74, 6) is 0.995. The van der Waals surface area contributed by atoms with Gasteiger partial charge in [0.25, 0.3) is 5.24 Å². The molecule has 1 atom stereocenters. The Balaban J connectivity index is 2.49. The highest BCUT2D eigenvalue weighted by atomic mass is 35.5. The highest BCUT2D eigenvalue weighted by molar-refractivity contribution is 8.13.